The molecular formula is C24H27N3O4. The molecule has 2 heterocycles. The van der Waals surface area contributed by atoms with Gasteiger partial charge in [-0.15, -0.1) is 0 Å². The Morgan fingerprint density at radius 1 is 1.03 bits per heavy atom. The van der Waals surface area contributed by atoms with Crippen LogP contribution in [0.1, 0.15) is 34.7 Å². The van der Waals surface area contributed by atoms with Crippen LogP contribution in [-0.2, 0) is 4.79 Å². The van der Waals surface area contributed by atoms with Crippen molar-refractivity contribution in [3.8, 4) is 11.5 Å². The average Bonchev–Trinajstić information content (AvgIpc) is 3.22. The minimum absolute atomic E-state index is 0.219. The molecule has 0 atom stereocenters. The molecular weight excluding hydrogens is 394 g/mol. The summed E-state index contributed by atoms with van der Waals surface area (Å²) in [5.41, 5.74) is 2.84. The van der Waals surface area contributed by atoms with Crippen molar-refractivity contribution < 1.29 is 19.1 Å². The highest BCUT2D eigenvalue weighted by molar-refractivity contribution is 6.05. The van der Waals surface area contributed by atoms with Crippen LogP contribution in [0.15, 0.2) is 48.7 Å². The summed E-state index contributed by atoms with van der Waals surface area (Å²) in [6, 6.07) is 12.8. The molecule has 1 saturated heterocycles. The smallest absolute Gasteiger partial charge is 0.257 e. The summed E-state index contributed by atoms with van der Waals surface area (Å²) in [4.78, 5) is 30.1. The van der Waals surface area contributed by atoms with Crippen LogP contribution >= 0.6 is 0 Å². The van der Waals surface area contributed by atoms with Gasteiger partial charge in [0.05, 0.1) is 20.8 Å². The van der Waals surface area contributed by atoms with E-state index in [0.717, 1.165) is 37.2 Å². The van der Waals surface area contributed by atoms with Gasteiger partial charge < -0.3 is 14.5 Å². The number of benzene rings is 2. The lowest BCUT2D eigenvalue weighted by molar-refractivity contribution is -0.121. The van der Waals surface area contributed by atoms with Gasteiger partial charge in [0.1, 0.15) is 11.5 Å². The summed E-state index contributed by atoms with van der Waals surface area (Å²) in [7, 11) is 3.24. The van der Waals surface area contributed by atoms with Crippen LogP contribution in [0.25, 0.3) is 10.9 Å². The van der Waals surface area contributed by atoms with Gasteiger partial charge in [0.15, 0.2) is 0 Å². The van der Waals surface area contributed by atoms with Gasteiger partial charge in [0.25, 0.3) is 5.91 Å². The second kappa shape index (κ2) is 9.22. The monoisotopic (exact) mass is 421 g/mol. The van der Waals surface area contributed by atoms with Crippen LogP contribution in [0, 0.1) is 0 Å². The van der Waals surface area contributed by atoms with Crippen LogP contribution in [0.5, 0.6) is 11.5 Å². The van der Waals surface area contributed by atoms with Crippen molar-refractivity contribution in [2.75, 3.05) is 33.9 Å². The van der Waals surface area contributed by atoms with E-state index in [1.54, 1.807) is 38.5 Å². The number of H-pyrrole nitrogens is 1. The number of methoxy groups -OCH3 is 2. The molecule has 2 N–H and O–H groups in total. The first kappa shape index (κ1) is 20.9. The molecule has 1 fully saturated rings. The summed E-state index contributed by atoms with van der Waals surface area (Å²) in [5, 5.41) is 3.67. The maximum absolute atomic E-state index is 12.4. The quantitative estimate of drug-likeness (QED) is 0.638. The van der Waals surface area contributed by atoms with Crippen LogP contribution in [-0.4, -0.2) is 55.6 Å². The Bertz CT molecular complexity index is 1070. The third-order valence-corrected chi connectivity index (χ3v) is 5.92. The summed E-state index contributed by atoms with van der Waals surface area (Å²) < 4.78 is 10.5. The Morgan fingerprint density at radius 2 is 1.71 bits per heavy atom. The molecule has 0 saturated carbocycles. The molecule has 3 aromatic rings. The molecule has 1 aromatic heterocycles. The van der Waals surface area contributed by atoms with E-state index in [1.165, 1.54) is 10.9 Å². The van der Waals surface area contributed by atoms with E-state index in [-0.39, 0.29) is 12.5 Å². The zero-order chi connectivity index (χ0) is 21.8. The minimum Gasteiger partial charge on any atom is -0.497 e. The highest BCUT2D eigenvalue weighted by Crippen LogP contribution is 2.34. The molecule has 0 spiro atoms. The van der Waals surface area contributed by atoms with Crippen molar-refractivity contribution in [1.82, 2.24) is 15.2 Å². The second-order valence-electron chi connectivity index (χ2n) is 7.81. The zero-order valence-corrected chi connectivity index (χ0v) is 17.8. The number of hydrogen-bond donors (Lipinski definition) is 2. The number of amides is 2. The fourth-order valence-corrected chi connectivity index (χ4v) is 4.17. The SMILES string of the molecule is COc1ccc(C(=O)NC(=O)CN2CCC(c3c[nH]c4ccc(OC)cc34)CC2)cc1. The van der Waals surface area contributed by atoms with E-state index < -0.39 is 5.91 Å². The summed E-state index contributed by atoms with van der Waals surface area (Å²) in [6.07, 6.45) is 4.01. The number of rotatable bonds is 6. The van der Waals surface area contributed by atoms with Gasteiger partial charge in [-0.25, -0.2) is 0 Å². The van der Waals surface area contributed by atoms with E-state index in [0.29, 0.717) is 17.2 Å². The Labute approximate surface area is 181 Å². The summed E-state index contributed by atoms with van der Waals surface area (Å²) >= 11 is 0. The van der Waals surface area contributed by atoms with Crippen LogP contribution in [0.3, 0.4) is 0 Å². The number of likely N-dealkylation sites (tertiary alicyclic amines) is 1. The van der Waals surface area contributed by atoms with Crippen molar-refractivity contribution in [2.24, 2.45) is 0 Å². The maximum Gasteiger partial charge on any atom is 0.257 e. The Morgan fingerprint density at radius 3 is 2.39 bits per heavy atom. The molecule has 2 amide bonds. The topological polar surface area (TPSA) is 83.7 Å². The molecule has 7 heteroatoms. The van der Waals surface area contributed by atoms with Crippen molar-refractivity contribution in [2.45, 2.75) is 18.8 Å². The first-order valence-corrected chi connectivity index (χ1v) is 10.4. The van der Waals surface area contributed by atoms with Crippen LogP contribution in [0.2, 0.25) is 0 Å². The molecule has 0 unspecified atom stereocenters. The standard InChI is InChI=1S/C24H27N3O4/c1-30-18-5-3-17(4-6-18)24(29)26-23(28)15-27-11-9-16(10-12-27)21-14-25-22-8-7-19(31-2)13-20(21)22/h3-8,13-14,16,25H,9-12,15H2,1-2H3,(H,26,28,29). The number of hydrogen-bond acceptors (Lipinski definition) is 5. The molecule has 0 aliphatic carbocycles. The Kier molecular flexibility index (Phi) is 6.23. The number of fused-ring (bicyclic) bond motifs is 1. The number of piperidine rings is 1. The van der Waals surface area contributed by atoms with Crippen molar-refractivity contribution in [1.29, 1.82) is 0 Å². The third-order valence-electron chi connectivity index (χ3n) is 5.92. The Balaban J connectivity index is 1.31. The van der Waals surface area contributed by atoms with E-state index in [9.17, 15) is 9.59 Å². The molecule has 0 radical (unpaired) electrons. The van der Waals surface area contributed by atoms with Gasteiger partial charge in [-0.05, 0) is 79.9 Å². The van der Waals surface area contributed by atoms with Crippen molar-refractivity contribution in [3.63, 3.8) is 0 Å². The van der Waals surface area contributed by atoms with Gasteiger partial charge in [-0.2, -0.15) is 0 Å². The molecule has 1 aliphatic heterocycles. The lowest BCUT2D eigenvalue weighted by Crippen LogP contribution is -2.43. The predicted molar refractivity (Wildman–Crippen MR) is 119 cm³/mol. The normalized spacial score (nSPS) is 15.0. The largest absolute Gasteiger partial charge is 0.497 e. The number of nitrogens with zero attached hydrogens (tertiary/aromatic N) is 1. The van der Waals surface area contributed by atoms with E-state index in [2.05, 4.69) is 27.5 Å². The van der Waals surface area contributed by atoms with Gasteiger partial charge in [0.2, 0.25) is 5.91 Å². The predicted octanol–water partition coefficient (Wildman–Crippen LogP) is 3.32. The number of nitrogens with one attached hydrogen (secondary N) is 2. The fraction of sp³-hybridized carbons (Fsp3) is 0.333. The number of imide groups is 1. The number of ether oxygens (including phenoxy) is 2. The number of carbonyl (C=O) groups is 2. The maximum atomic E-state index is 12.4. The van der Waals surface area contributed by atoms with Gasteiger partial charge in [-0.1, -0.05) is 0 Å². The molecule has 31 heavy (non-hydrogen) atoms. The number of aromatic amines is 1. The fourth-order valence-electron chi connectivity index (χ4n) is 4.17. The average molecular weight is 421 g/mol. The highest BCUT2D eigenvalue weighted by atomic mass is 16.5. The first-order valence-electron chi connectivity index (χ1n) is 10.4. The van der Waals surface area contributed by atoms with Crippen molar-refractivity contribution >= 4 is 22.7 Å². The summed E-state index contributed by atoms with van der Waals surface area (Å²) in [5.74, 6) is 1.27. The molecule has 2 aromatic carbocycles. The van der Waals surface area contributed by atoms with Gasteiger partial charge >= 0.3 is 0 Å². The lowest BCUT2D eigenvalue weighted by Gasteiger charge is -2.31. The highest BCUT2D eigenvalue weighted by Gasteiger charge is 2.24. The molecule has 162 valence electrons. The van der Waals surface area contributed by atoms with Crippen LogP contribution < -0.4 is 14.8 Å². The third kappa shape index (κ3) is 4.72. The first-order chi connectivity index (χ1) is 15.1. The molecule has 7 nitrogen and oxygen atoms in total. The Hall–Kier alpha value is -3.32. The summed E-state index contributed by atoms with van der Waals surface area (Å²) in [6.45, 7) is 1.84. The van der Waals surface area contributed by atoms with E-state index >= 15 is 0 Å². The molecule has 1 aliphatic rings. The van der Waals surface area contributed by atoms with Crippen LogP contribution in [0.4, 0.5) is 0 Å². The lowest BCUT2D eigenvalue weighted by atomic mass is 9.89. The van der Waals surface area contributed by atoms with Crippen molar-refractivity contribution in [3.05, 3.63) is 59.8 Å². The number of aromatic nitrogens is 1. The van der Waals surface area contributed by atoms with Gasteiger partial charge in [0, 0.05) is 22.7 Å². The van der Waals surface area contributed by atoms with E-state index in [4.69, 9.17) is 9.47 Å². The zero-order valence-electron chi connectivity index (χ0n) is 17.8. The minimum atomic E-state index is -0.393. The van der Waals surface area contributed by atoms with E-state index in [1.807, 2.05) is 12.1 Å². The molecule has 4 rings (SSSR count). The number of carbonyl (C=O) groups excluding carboxylic acids is 2. The molecule has 0 bridgehead atoms. The van der Waals surface area contributed by atoms with Gasteiger partial charge in [-0.3, -0.25) is 19.8 Å². The second-order valence-corrected chi connectivity index (χ2v) is 7.81.